The van der Waals surface area contributed by atoms with Gasteiger partial charge in [-0.05, 0) is 56.2 Å². The molecule has 0 unspecified atom stereocenters. The highest BCUT2D eigenvalue weighted by Crippen LogP contribution is 2.73. The molecule has 1 spiro atoms. The quantitative estimate of drug-likeness (QED) is 0.540. The van der Waals surface area contributed by atoms with E-state index in [9.17, 15) is 14.7 Å². The third-order valence-electron chi connectivity index (χ3n) is 10.0. The van der Waals surface area contributed by atoms with E-state index in [2.05, 4.69) is 0 Å². The monoisotopic (exact) mass is 466 g/mol. The molecule has 182 valence electrons. The molecule has 0 radical (unpaired) electrons. The van der Waals surface area contributed by atoms with E-state index in [0.29, 0.717) is 25.0 Å². The summed E-state index contributed by atoms with van der Waals surface area (Å²) in [5.74, 6) is -0.376. The number of rotatable bonds is 3. The predicted molar refractivity (Wildman–Crippen MR) is 124 cm³/mol. The molecule has 1 aromatic rings. The van der Waals surface area contributed by atoms with Crippen LogP contribution in [0.3, 0.4) is 0 Å². The van der Waals surface area contributed by atoms with Gasteiger partial charge in [-0.3, -0.25) is 4.79 Å². The number of benzene rings is 1. The molecule has 6 heteroatoms. The molecule has 1 aromatic carbocycles. The molecule has 0 aromatic heterocycles. The van der Waals surface area contributed by atoms with Crippen molar-refractivity contribution < 1.29 is 28.9 Å². The largest absolute Gasteiger partial charge is 0.455 e. The first-order valence-corrected chi connectivity index (χ1v) is 12.5. The van der Waals surface area contributed by atoms with Crippen LogP contribution in [0, 0.1) is 28.6 Å². The first kappa shape index (κ1) is 22.4. The van der Waals surface area contributed by atoms with Crippen LogP contribution in [0.4, 0.5) is 0 Å². The highest BCUT2D eigenvalue weighted by atomic mass is 16.6. The molecule has 6 rings (SSSR count). The van der Waals surface area contributed by atoms with Crippen LogP contribution >= 0.6 is 0 Å². The molecule has 1 aliphatic heterocycles. The number of hydrogen-bond acceptors (Lipinski definition) is 6. The first-order valence-electron chi connectivity index (χ1n) is 12.5. The van der Waals surface area contributed by atoms with Gasteiger partial charge in [-0.25, -0.2) is 4.79 Å². The van der Waals surface area contributed by atoms with Crippen molar-refractivity contribution >= 4 is 11.8 Å². The Morgan fingerprint density at radius 1 is 1.21 bits per heavy atom. The lowest BCUT2D eigenvalue weighted by Gasteiger charge is -2.60. The third kappa shape index (κ3) is 2.68. The maximum absolute atomic E-state index is 14.3. The molecular formula is C28H34O6. The highest BCUT2D eigenvalue weighted by Gasteiger charge is 2.78. The van der Waals surface area contributed by atoms with Crippen LogP contribution in [0.5, 0.6) is 0 Å². The average Bonchev–Trinajstić information content (AvgIpc) is 3.54. The Balaban J connectivity index is 1.54. The van der Waals surface area contributed by atoms with Crippen LogP contribution in [0.1, 0.15) is 56.8 Å². The smallest absolute Gasteiger partial charge is 0.338 e. The summed E-state index contributed by atoms with van der Waals surface area (Å²) < 4.78 is 18.2. The van der Waals surface area contributed by atoms with E-state index < -0.39 is 34.6 Å². The van der Waals surface area contributed by atoms with Gasteiger partial charge in [-0.15, -0.1) is 0 Å². The molecule has 1 saturated heterocycles. The number of carbonyl (C=O) groups excluding carboxylic acids is 2. The molecule has 34 heavy (non-hydrogen) atoms. The maximum atomic E-state index is 14.3. The van der Waals surface area contributed by atoms with E-state index in [1.807, 2.05) is 26.8 Å². The van der Waals surface area contributed by atoms with Crippen LogP contribution in [0.25, 0.3) is 0 Å². The first-order chi connectivity index (χ1) is 16.2. The van der Waals surface area contributed by atoms with Crippen molar-refractivity contribution in [2.24, 2.45) is 28.6 Å². The molecule has 2 bridgehead atoms. The Morgan fingerprint density at radius 2 is 1.94 bits per heavy atom. The Bertz CT molecular complexity index is 1080. The standard InChI is InChI=1S/C28H34O6/c1-15-10-11-28(31)24(34-25(30)16-8-6-5-7-9-16)21-18-14-33-19(18)12-17-13-27(17,21)23(29)22(32-4)20(15)26(28,2)3/h5-9,17-19,21-22,24,31H,10-14H2,1-4H3/t17-,18-,19-,21+,22-,24+,27-,28-/m1/s1. The van der Waals surface area contributed by atoms with Crippen LogP contribution in [-0.2, 0) is 19.0 Å². The van der Waals surface area contributed by atoms with Crippen molar-refractivity contribution in [3.63, 3.8) is 0 Å². The molecule has 0 amide bonds. The van der Waals surface area contributed by atoms with Gasteiger partial charge < -0.3 is 19.3 Å². The molecule has 3 saturated carbocycles. The summed E-state index contributed by atoms with van der Waals surface area (Å²) in [5.41, 5.74) is -0.368. The summed E-state index contributed by atoms with van der Waals surface area (Å²) >= 11 is 0. The Kier molecular flexibility index (Phi) is 4.78. The van der Waals surface area contributed by atoms with Crippen molar-refractivity contribution in [1.29, 1.82) is 0 Å². The lowest BCUT2D eigenvalue weighted by Crippen LogP contribution is -2.70. The van der Waals surface area contributed by atoms with Gasteiger partial charge in [0, 0.05) is 29.8 Å². The van der Waals surface area contributed by atoms with Gasteiger partial charge in [-0.2, -0.15) is 0 Å². The summed E-state index contributed by atoms with van der Waals surface area (Å²) in [6.07, 6.45) is 1.28. The fourth-order valence-electron chi connectivity index (χ4n) is 8.06. The molecule has 1 N–H and O–H groups in total. The number of Topliss-reactive ketones (excluding diaryl/α,β-unsaturated/α-hetero) is 1. The SMILES string of the molecule is CO[C@H]1C(=O)[C@]23C[C@H]2C[C@H]2OC[C@H]2[C@H]3[C@H](OC(=O)c2ccccc2)[C@]2(O)CCC(C)=C1C2(C)C. The molecule has 5 aliphatic rings. The van der Waals surface area contributed by atoms with E-state index in [1.54, 1.807) is 31.4 Å². The number of aliphatic hydroxyl groups is 1. The van der Waals surface area contributed by atoms with Gasteiger partial charge in [0.2, 0.25) is 0 Å². The molecule has 1 heterocycles. The van der Waals surface area contributed by atoms with Crippen molar-refractivity contribution in [2.75, 3.05) is 13.7 Å². The molecule has 8 atom stereocenters. The minimum absolute atomic E-state index is 0.0591. The predicted octanol–water partition coefficient (Wildman–Crippen LogP) is 3.72. The number of ether oxygens (including phenoxy) is 3. The number of ketones is 1. The van der Waals surface area contributed by atoms with Crippen LogP contribution in [0.2, 0.25) is 0 Å². The van der Waals surface area contributed by atoms with Crippen LogP contribution < -0.4 is 0 Å². The number of esters is 1. The summed E-state index contributed by atoms with van der Waals surface area (Å²) in [6.45, 7) is 6.53. The summed E-state index contributed by atoms with van der Waals surface area (Å²) in [6, 6.07) is 8.93. The summed E-state index contributed by atoms with van der Waals surface area (Å²) in [5, 5.41) is 12.6. The van der Waals surface area contributed by atoms with E-state index in [4.69, 9.17) is 14.2 Å². The van der Waals surface area contributed by atoms with Gasteiger partial charge in [0.05, 0.1) is 18.3 Å². The molecule has 4 aliphatic carbocycles. The number of carbonyl (C=O) groups is 2. The van der Waals surface area contributed by atoms with Gasteiger partial charge >= 0.3 is 5.97 Å². The van der Waals surface area contributed by atoms with Crippen molar-refractivity contribution in [3.05, 3.63) is 47.0 Å². The summed E-state index contributed by atoms with van der Waals surface area (Å²) in [4.78, 5) is 27.7. The second-order valence-corrected chi connectivity index (χ2v) is 11.7. The average molecular weight is 467 g/mol. The number of allylic oxidation sites excluding steroid dienone is 1. The zero-order valence-corrected chi connectivity index (χ0v) is 20.4. The molecule has 4 fully saturated rings. The van der Waals surface area contributed by atoms with Gasteiger partial charge in [0.1, 0.15) is 17.8 Å². The lowest BCUT2D eigenvalue weighted by atomic mass is 9.50. The second kappa shape index (κ2) is 7.25. The van der Waals surface area contributed by atoms with Gasteiger partial charge in [0.25, 0.3) is 0 Å². The zero-order valence-electron chi connectivity index (χ0n) is 20.4. The van der Waals surface area contributed by atoms with E-state index >= 15 is 0 Å². The third-order valence-corrected chi connectivity index (χ3v) is 10.0. The Labute approximate surface area is 200 Å². The van der Waals surface area contributed by atoms with E-state index in [-0.39, 0.29) is 29.6 Å². The van der Waals surface area contributed by atoms with Crippen molar-refractivity contribution in [1.82, 2.24) is 0 Å². The second-order valence-electron chi connectivity index (χ2n) is 11.7. The van der Waals surface area contributed by atoms with E-state index in [1.165, 1.54) is 0 Å². The van der Waals surface area contributed by atoms with E-state index in [0.717, 1.165) is 24.0 Å². The fourth-order valence-corrected chi connectivity index (χ4v) is 8.06. The van der Waals surface area contributed by atoms with Crippen molar-refractivity contribution in [2.45, 2.75) is 70.4 Å². The highest BCUT2D eigenvalue weighted by molar-refractivity contribution is 5.96. The lowest BCUT2D eigenvalue weighted by molar-refractivity contribution is -0.243. The van der Waals surface area contributed by atoms with Gasteiger partial charge in [-0.1, -0.05) is 37.6 Å². The number of fused-ring (bicyclic) bond motifs is 4. The number of hydrogen-bond donors (Lipinski definition) is 1. The molecule has 6 nitrogen and oxygen atoms in total. The molecular weight excluding hydrogens is 432 g/mol. The fraction of sp³-hybridized carbons (Fsp3) is 0.643. The Hall–Kier alpha value is -2.02. The van der Waals surface area contributed by atoms with Crippen LogP contribution in [0.15, 0.2) is 41.5 Å². The normalized spacial score (nSPS) is 44.0. The van der Waals surface area contributed by atoms with Gasteiger partial charge in [0.15, 0.2) is 5.78 Å². The van der Waals surface area contributed by atoms with Crippen LogP contribution in [-0.4, -0.2) is 54.5 Å². The topological polar surface area (TPSA) is 82.1 Å². The summed E-state index contributed by atoms with van der Waals surface area (Å²) in [7, 11) is 1.60. The van der Waals surface area contributed by atoms with Crippen molar-refractivity contribution in [3.8, 4) is 0 Å². The zero-order chi connectivity index (χ0) is 24.0. The Morgan fingerprint density at radius 3 is 2.59 bits per heavy atom. The maximum Gasteiger partial charge on any atom is 0.338 e. The minimum atomic E-state index is -1.33. The number of methoxy groups -OCH3 is 1. The minimum Gasteiger partial charge on any atom is -0.455 e.